The fourth-order valence-electron chi connectivity index (χ4n) is 1.85. The zero-order valence-corrected chi connectivity index (χ0v) is 14.6. The summed E-state index contributed by atoms with van der Waals surface area (Å²) in [5, 5.41) is 10.4. The van der Waals surface area contributed by atoms with Crippen molar-refractivity contribution in [2.45, 2.75) is 19.4 Å². The van der Waals surface area contributed by atoms with Crippen molar-refractivity contribution in [2.75, 3.05) is 18.6 Å². The van der Waals surface area contributed by atoms with Crippen molar-refractivity contribution in [1.82, 2.24) is 9.97 Å². The van der Waals surface area contributed by atoms with Crippen LogP contribution in [0.2, 0.25) is 0 Å². The van der Waals surface area contributed by atoms with E-state index in [-0.39, 0.29) is 17.5 Å². The zero-order chi connectivity index (χ0) is 16.5. The third kappa shape index (κ3) is 3.50. The molecule has 0 unspecified atom stereocenters. The lowest BCUT2D eigenvalue weighted by atomic mass is 9.97. The molecule has 0 amide bonds. The largest absolute Gasteiger partial charge is 0.496 e. The molecule has 0 atom stereocenters. The maximum atomic E-state index is 10.4. The Morgan fingerprint density at radius 2 is 1.86 bits per heavy atom. The summed E-state index contributed by atoms with van der Waals surface area (Å²) < 4.78 is 11.9. The molecule has 0 fully saturated rings. The lowest BCUT2D eigenvalue weighted by molar-refractivity contribution is 0.0759. The summed E-state index contributed by atoms with van der Waals surface area (Å²) in [4.78, 5) is 7.70. The highest BCUT2D eigenvalue weighted by atomic mass is 127. The molecule has 22 heavy (non-hydrogen) atoms. The van der Waals surface area contributed by atoms with Crippen LogP contribution in [0.15, 0.2) is 18.3 Å². The first-order chi connectivity index (χ1) is 10.2. The van der Waals surface area contributed by atoms with Crippen LogP contribution >= 0.6 is 22.6 Å². The molecule has 1 aromatic carbocycles. The monoisotopic (exact) mass is 416 g/mol. The minimum Gasteiger partial charge on any atom is -0.496 e. The van der Waals surface area contributed by atoms with Crippen LogP contribution in [0.4, 0.5) is 11.8 Å². The lowest BCUT2D eigenvalue weighted by Crippen LogP contribution is -2.17. The molecule has 1 heterocycles. The summed E-state index contributed by atoms with van der Waals surface area (Å²) >= 11 is 2.12. The molecule has 0 aliphatic rings. The van der Waals surface area contributed by atoms with Crippen LogP contribution in [0.1, 0.15) is 19.4 Å². The molecule has 2 aromatic rings. The summed E-state index contributed by atoms with van der Waals surface area (Å²) in [7, 11) is 1.57. The molecule has 0 bridgehead atoms. The van der Waals surface area contributed by atoms with E-state index in [1.165, 1.54) is 6.20 Å². The third-order valence-electron chi connectivity index (χ3n) is 2.93. The Kier molecular flexibility index (Phi) is 4.61. The topological polar surface area (TPSA) is 117 Å². The molecular weight excluding hydrogens is 399 g/mol. The van der Waals surface area contributed by atoms with E-state index in [9.17, 15) is 5.11 Å². The molecule has 8 heteroatoms. The predicted octanol–water partition coefficient (Wildman–Crippen LogP) is 2.27. The van der Waals surface area contributed by atoms with Crippen molar-refractivity contribution >= 4 is 34.4 Å². The van der Waals surface area contributed by atoms with Gasteiger partial charge in [-0.1, -0.05) is 0 Å². The Labute approximate surface area is 141 Å². The Balaban J connectivity index is 2.52. The fourth-order valence-corrected chi connectivity index (χ4v) is 2.51. The van der Waals surface area contributed by atoms with Crippen molar-refractivity contribution in [1.29, 1.82) is 0 Å². The Hall–Kier alpha value is -1.81. The number of nitrogens with zero attached hydrogens (tertiary/aromatic N) is 2. The van der Waals surface area contributed by atoms with Gasteiger partial charge in [0.25, 0.3) is 0 Å². The molecule has 118 valence electrons. The Morgan fingerprint density at radius 1 is 1.18 bits per heavy atom. The van der Waals surface area contributed by atoms with Crippen molar-refractivity contribution in [3.63, 3.8) is 0 Å². The smallest absolute Gasteiger partial charge is 0.222 e. The van der Waals surface area contributed by atoms with Gasteiger partial charge in [0.15, 0.2) is 11.6 Å². The van der Waals surface area contributed by atoms with Crippen LogP contribution in [-0.4, -0.2) is 22.2 Å². The summed E-state index contributed by atoms with van der Waals surface area (Å²) in [5.41, 5.74) is 10.7. The van der Waals surface area contributed by atoms with Crippen molar-refractivity contribution in [3.05, 3.63) is 27.5 Å². The number of anilines is 2. The summed E-state index contributed by atoms with van der Waals surface area (Å²) in [5.74, 6) is 1.54. The van der Waals surface area contributed by atoms with Gasteiger partial charge in [0.2, 0.25) is 5.95 Å². The number of methoxy groups -OCH3 is 1. The standard InChI is InChI=1S/C14H17IN4O3/c1-14(2,20)7-4-10(21-3)8(15)5-9(7)22-11-6-18-13(17)19-12(11)16/h4-6,20H,1-3H3,(H4,16,17,18,19). The van der Waals surface area contributed by atoms with E-state index >= 15 is 0 Å². The number of ether oxygens (including phenoxy) is 2. The minimum atomic E-state index is -1.13. The van der Waals surface area contributed by atoms with Gasteiger partial charge >= 0.3 is 0 Å². The number of benzene rings is 1. The first-order valence-corrected chi connectivity index (χ1v) is 7.46. The van der Waals surface area contributed by atoms with Gasteiger partial charge in [0.1, 0.15) is 11.5 Å². The number of hydrogen-bond acceptors (Lipinski definition) is 7. The van der Waals surface area contributed by atoms with Gasteiger partial charge in [-0.2, -0.15) is 4.98 Å². The highest BCUT2D eigenvalue weighted by molar-refractivity contribution is 14.1. The van der Waals surface area contributed by atoms with E-state index in [0.717, 1.165) is 3.57 Å². The maximum Gasteiger partial charge on any atom is 0.222 e. The number of hydrogen-bond donors (Lipinski definition) is 3. The lowest BCUT2D eigenvalue weighted by Gasteiger charge is -2.23. The molecule has 7 nitrogen and oxygen atoms in total. The van der Waals surface area contributed by atoms with Crippen LogP contribution in [0.5, 0.6) is 17.2 Å². The molecule has 0 spiro atoms. The van der Waals surface area contributed by atoms with Crippen LogP contribution in [0, 0.1) is 3.57 Å². The maximum absolute atomic E-state index is 10.4. The van der Waals surface area contributed by atoms with Gasteiger partial charge < -0.3 is 26.0 Å². The first-order valence-electron chi connectivity index (χ1n) is 6.38. The van der Waals surface area contributed by atoms with Gasteiger partial charge in [-0.05, 0) is 48.6 Å². The molecule has 0 aliphatic heterocycles. The van der Waals surface area contributed by atoms with Gasteiger partial charge in [-0.3, -0.25) is 0 Å². The van der Waals surface area contributed by atoms with E-state index in [0.29, 0.717) is 17.1 Å². The van der Waals surface area contributed by atoms with Gasteiger partial charge in [0.05, 0.1) is 22.5 Å². The third-order valence-corrected chi connectivity index (χ3v) is 3.78. The molecule has 0 aliphatic carbocycles. The first kappa shape index (κ1) is 16.6. The van der Waals surface area contributed by atoms with Crippen LogP contribution < -0.4 is 20.9 Å². The van der Waals surface area contributed by atoms with E-state index in [2.05, 4.69) is 32.6 Å². The minimum absolute atomic E-state index is 0.0665. The highest BCUT2D eigenvalue weighted by Gasteiger charge is 2.24. The van der Waals surface area contributed by atoms with E-state index in [4.69, 9.17) is 20.9 Å². The van der Waals surface area contributed by atoms with Crippen LogP contribution in [0.25, 0.3) is 0 Å². The second-order valence-electron chi connectivity index (χ2n) is 5.12. The number of nitrogen functional groups attached to an aromatic ring is 2. The molecule has 0 saturated heterocycles. The number of halogens is 1. The average molecular weight is 416 g/mol. The van der Waals surface area contributed by atoms with Crippen molar-refractivity contribution in [3.8, 4) is 17.2 Å². The van der Waals surface area contributed by atoms with E-state index in [1.54, 1.807) is 33.1 Å². The average Bonchev–Trinajstić information content (AvgIpc) is 2.40. The van der Waals surface area contributed by atoms with Gasteiger partial charge in [-0.15, -0.1) is 0 Å². The number of aromatic nitrogens is 2. The summed E-state index contributed by atoms with van der Waals surface area (Å²) in [6.45, 7) is 3.31. The molecule has 0 radical (unpaired) electrons. The molecule has 1 aromatic heterocycles. The zero-order valence-electron chi connectivity index (χ0n) is 12.4. The predicted molar refractivity (Wildman–Crippen MR) is 91.9 cm³/mol. The quantitative estimate of drug-likeness (QED) is 0.655. The van der Waals surface area contributed by atoms with E-state index < -0.39 is 5.60 Å². The van der Waals surface area contributed by atoms with E-state index in [1.807, 2.05) is 0 Å². The van der Waals surface area contributed by atoms with Gasteiger partial charge in [0, 0.05) is 5.56 Å². The second-order valence-corrected chi connectivity index (χ2v) is 6.28. The molecule has 2 rings (SSSR count). The molecule has 5 N–H and O–H groups in total. The van der Waals surface area contributed by atoms with Crippen molar-refractivity contribution in [2.24, 2.45) is 0 Å². The number of aliphatic hydroxyl groups is 1. The highest BCUT2D eigenvalue weighted by Crippen LogP contribution is 2.39. The second kappa shape index (κ2) is 6.13. The van der Waals surface area contributed by atoms with Crippen molar-refractivity contribution < 1.29 is 14.6 Å². The number of rotatable bonds is 4. The van der Waals surface area contributed by atoms with Gasteiger partial charge in [-0.25, -0.2) is 4.98 Å². The number of nitrogens with two attached hydrogens (primary N) is 2. The van der Waals surface area contributed by atoms with Crippen LogP contribution in [0.3, 0.4) is 0 Å². The van der Waals surface area contributed by atoms with Crippen LogP contribution in [-0.2, 0) is 5.60 Å². The fraction of sp³-hybridized carbons (Fsp3) is 0.286. The summed E-state index contributed by atoms with van der Waals surface area (Å²) in [6, 6.07) is 3.48. The Bertz CT molecular complexity index is 701. The Morgan fingerprint density at radius 3 is 2.41 bits per heavy atom. The SMILES string of the molecule is COc1cc(C(C)(C)O)c(Oc2cnc(N)nc2N)cc1I. The molecule has 0 saturated carbocycles. The molecular formula is C14H17IN4O3. The normalized spacial score (nSPS) is 11.3. The summed E-state index contributed by atoms with van der Waals surface area (Å²) in [6.07, 6.45) is 1.39.